The molecular formula is C20H25N5O5S. The zero-order chi connectivity index (χ0) is 22.4. The van der Waals surface area contributed by atoms with E-state index >= 15 is 0 Å². The van der Waals surface area contributed by atoms with E-state index in [0.29, 0.717) is 31.7 Å². The van der Waals surface area contributed by atoms with Crippen molar-refractivity contribution in [1.29, 1.82) is 0 Å². The van der Waals surface area contributed by atoms with E-state index in [2.05, 4.69) is 20.2 Å². The van der Waals surface area contributed by atoms with Gasteiger partial charge in [-0.3, -0.25) is 10.3 Å². The van der Waals surface area contributed by atoms with Crippen LogP contribution in [0, 0.1) is 6.92 Å². The highest BCUT2D eigenvalue weighted by molar-refractivity contribution is 7.18. The molecule has 3 rings (SSSR count). The van der Waals surface area contributed by atoms with Crippen molar-refractivity contribution in [1.82, 2.24) is 14.9 Å². The average Bonchev–Trinajstić information content (AvgIpc) is 3.10. The minimum Gasteiger partial charge on any atom is -0.462 e. The summed E-state index contributed by atoms with van der Waals surface area (Å²) in [7, 11) is 0. The highest BCUT2D eigenvalue weighted by Crippen LogP contribution is 2.34. The Balaban J connectivity index is 1.73. The standard InChI is InChI=1S/C20H25N5O5S/c1-4-29-18(26)15-13(3)16(19(27)30-5-2)31-17(15)23-20(28)25-10-8-24(9-11-25)14-12-21-6-7-22-14/h6-7,12H,4-5,8-11H2,1-3H3,(H,23,28). The zero-order valence-corrected chi connectivity index (χ0v) is 18.5. The van der Waals surface area contributed by atoms with E-state index in [-0.39, 0.29) is 34.7 Å². The van der Waals surface area contributed by atoms with E-state index in [9.17, 15) is 14.4 Å². The number of aromatic nitrogens is 2. The van der Waals surface area contributed by atoms with Gasteiger partial charge < -0.3 is 19.3 Å². The van der Waals surface area contributed by atoms with Crippen molar-refractivity contribution < 1.29 is 23.9 Å². The molecule has 2 aromatic rings. The van der Waals surface area contributed by atoms with Crippen molar-refractivity contribution >= 4 is 40.1 Å². The van der Waals surface area contributed by atoms with Gasteiger partial charge >= 0.3 is 18.0 Å². The summed E-state index contributed by atoms with van der Waals surface area (Å²) < 4.78 is 10.2. The van der Waals surface area contributed by atoms with Crippen LogP contribution in [-0.4, -0.2) is 72.2 Å². The van der Waals surface area contributed by atoms with Gasteiger partial charge in [0.2, 0.25) is 0 Å². The number of rotatable bonds is 6. The highest BCUT2D eigenvalue weighted by Gasteiger charge is 2.29. The maximum atomic E-state index is 12.9. The van der Waals surface area contributed by atoms with Crippen LogP contribution < -0.4 is 10.2 Å². The molecule has 1 aliphatic rings. The molecule has 0 bridgehead atoms. The molecule has 0 unspecified atom stereocenters. The fourth-order valence-electron chi connectivity index (χ4n) is 3.21. The molecule has 2 amide bonds. The van der Waals surface area contributed by atoms with Crippen LogP contribution in [0.5, 0.6) is 0 Å². The number of esters is 2. The molecule has 0 aliphatic carbocycles. The molecule has 166 valence electrons. The molecule has 0 atom stereocenters. The number of urea groups is 1. The monoisotopic (exact) mass is 447 g/mol. The third-order valence-corrected chi connectivity index (χ3v) is 5.94. The van der Waals surface area contributed by atoms with Gasteiger partial charge in [0.05, 0.1) is 25.0 Å². The van der Waals surface area contributed by atoms with Crippen molar-refractivity contribution in [2.24, 2.45) is 0 Å². The molecule has 0 saturated carbocycles. The summed E-state index contributed by atoms with van der Waals surface area (Å²) in [6, 6.07) is -0.346. The Labute approximate surface area is 184 Å². The smallest absolute Gasteiger partial charge is 0.348 e. The van der Waals surface area contributed by atoms with Gasteiger partial charge in [0.1, 0.15) is 15.7 Å². The van der Waals surface area contributed by atoms with Gasteiger partial charge in [-0.2, -0.15) is 0 Å². The highest BCUT2D eigenvalue weighted by atomic mass is 32.1. The zero-order valence-electron chi connectivity index (χ0n) is 17.7. The summed E-state index contributed by atoms with van der Waals surface area (Å²) in [6.07, 6.45) is 4.93. The van der Waals surface area contributed by atoms with Gasteiger partial charge in [-0.15, -0.1) is 11.3 Å². The molecule has 10 nitrogen and oxygen atoms in total. The van der Waals surface area contributed by atoms with Crippen LogP contribution in [0.2, 0.25) is 0 Å². The molecule has 1 N–H and O–H groups in total. The second-order valence-electron chi connectivity index (χ2n) is 6.67. The topological polar surface area (TPSA) is 114 Å². The van der Waals surface area contributed by atoms with Crippen LogP contribution in [-0.2, 0) is 9.47 Å². The normalized spacial score (nSPS) is 13.6. The number of carbonyl (C=O) groups excluding carboxylic acids is 3. The van der Waals surface area contributed by atoms with Gasteiger partial charge in [0, 0.05) is 38.6 Å². The predicted octanol–water partition coefficient (Wildman–Crippen LogP) is 2.55. The summed E-state index contributed by atoms with van der Waals surface area (Å²) in [4.78, 5) is 49.9. The van der Waals surface area contributed by atoms with Crippen LogP contribution in [0.15, 0.2) is 18.6 Å². The number of piperazine rings is 1. The Kier molecular flexibility index (Phi) is 7.40. The summed E-state index contributed by atoms with van der Waals surface area (Å²) in [5.74, 6) is -0.358. The largest absolute Gasteiger partial charge is 0.462 e. The first-order valence-electron chi connectivity index (χ1n) is 10.0. The van der Waals surface area contributed by atoms with E-state index in [0.717, 1.165) is 17.2 Å². The lowest BCUT2D eigenvalue weighted by Crippen LogP contribution is -2.50. The Morgan fingerprint density at radius 2 is 1.74 bits per heavy atom. The molecule has 0 radical (unpaired) electrons. The minimum atomic E-state index is -0.588. The Hall–Kier alpha value is -3.21. The number of anilines is 2. The summed E-state index contributed by atoms with van der Waals surface area (Å²) >= 11 is 1.02. The van der Waals surface area contributed by atoms with E-state index in [1.54, 1.807) is 44.3 Å². The van der Waals surface area contributed by atoms with Gasteiger partial charge in [-0.1, -0.05) is 0 Å². The molecule has 1 saturated heterocycles. The maximum Gasteiger partial charge on any atom is 0.348 e. The van der Waals surface area contributed by atoms with E-state index < -0.39 is 11.9 Å². The van der Waals surface area contributed by atoms with E-state index in [4.69, 9.17) is 9.47 Å². The van der Waals surface area contributed by atoms with Gasteiger partial charge in [0.25, 0.3) is 0 Å². The number of hydrogen-bond acceptors (Lipinski definition) is 9. The predicted molar refractivity (Wildman–Crippen MR) is 116 cm³/mol. The second-order valence-corrected chi connectivity index (χ2v) is 7.69. The van der Waals surface area contributed by atoms with Crippen molar-refractivity contribution in [3.63, 3.8) is 0 Å². The number of carbonyl (C=O) groups is 3. The van der Waals surface area contributed by atoms with Crippen LogP contribution in [0.1, 0.15) is 39.4 Å². The van der Waals surface area contributed by atoms with Crippen LogP contribution in [0.25, 0.3) is 0 Å². The molecule has 3 heterocycles. The first-order chi connectivity index (χ1) is 15.0. The molecular weight excluding hydrogens is 422 g/mol. The Bertz CT molecular complexity index is 941. The fourth-order valence-corrected chi connectivity index (χ4v) is 4.29. The first-order valence-corrected chi connectivity index (χ1v) is 10.8. The summed E-state index contributed by atoms with van der Waals surface area (Å²) in [5.41, 5.74) is 0.617. The van der Waals surface area contributed by atoms with Gasteiger partial charge in [0.15, 0.2) is 0 Å². The van der Waals surface area contributed by atoms with E-state index in [1.807, 2.05) is 0 Å². The number of nitrogens with zero attached hydrogens (tertiary/aromatic N) is 4. The maximum absolute atomic E-state index is 12.9. The third-order valence-electron chi connectivity index (χ3n) is 4.75. The molecule has 1 aliphatic heterocycles. The van der Waals surface area contributed by atoms with Gasteiger partial charge in [-0.25, -0.2) is 19.4 Å². The SMILES string of the molecule is CCOC(=O)c1sc(NC(=O)N2CCN(c3cnccn3)CC2)c(C(=O)OCC)c1C. The van der Waals surface area contributed by atoms with Gasteiger partial charge in [-0.05, 0) is 26.3 Å². The Morgan fingerprint density at radius 3 is 2.35 bits per heavy atom. The summed E-state index contributed by atoms with van der Waals surface area (Å²) in [6.45, 7) is 7.60. The number of hydrogen-bond donors (Lipinski definition) is 1. The van der Waals surface area contributed by atoms with E-state index in [1.165, 1.54) is 0 Å². The van der Waals surface area contributed by atoms with Crippen molar-refractivity contribution in [3.05, 3.63) is 34.6 Å². The number of amides is 2. The minimum absolute atomic E-state index is 0.181. The lowest BCUT2D eigenvalue weighted by molar-refractivity contribution is 0.0527. The average molecular weight is 448 g/mol. The first kappa shape index (κ1) is 22.5. The number of nitrogens with one attached hydrogen (secondary N) is 1. The molecule has 31 heavy (non-hydrogen) atoms. The van der Waals surface area contributed by atoms with Crippen LogP contribution in [0.3, 0.4) is 0 Å². The lowest BCUT2D eigenvalue weighted by atomic mass is 10.1. The van der Waals surface area contributed by atoms with Crippen molar-refractivity contribution in [2.45, 2.75) is 20.8 Å². The van der Waals surface area contributed by atoms with Crippen molar-refractivity contribution in [2.75, 3.05) is 49.6 Å². The third kappa shape index (κ3) is 5.10. The fraction of sp³-hybridized carbons (Fsp3) is 0.450. The number of ether oxygens (including phenoxy) is 2. The molecule has 1 fully saturated rings. The molecule has 2 aromatic heterocycles. The quantitative estimate of drug-likeness (QED) is 0.672. The Morgan fingerprint density at radius 1 is 1.06 bits per heavy atom. The lowest BCUT2D eigenvalue weighted by Gasteiger charge is -2.35. The molecule has 0 aromatic carbocycles. The van der Waals surface area contributed by atoms with Crippen LogP contribution >= 0.6 is 11.3 Å². The number of thiophene rings is 1. The second kappa shape index (κ2) is 10.2. The molecule has 0 spiro atoms. The molecule has 11 heteroatoms. The summed E-state index contributed by atoms with van der Waals surface area (Å²) in [5, 5.41) is 3.06. The van der Waals surface area contributed by atoms with Crippen molar-refractivity contribution in [3.8, 4) is 0 Å². The van der Waals surface area contributed by atoms with Crippen LogP contribution in [0.4, 0.5) is 15.6 Å².